The highest BCUT2D eigenvalue weighted by Crippen LogP contribution is 2.40. The Morgan fingerprint density at radius 3 is 2.03 bits per heavy atom. The first kappa shape index (κ1) is 18.6. The van der Waals surface area contributed by atoms with E-state index < -0.39 is 0 Å². The van der Waals surface area contributed by atoms with Gasteiger partial charge in [-0.05, 0) is 48.5 Å². The van der Waals surface area contributed by atoms with E-state index in [2.05, 4.69) is 94.5 Å². The van der Waals surface area contributed by atoms with E-state index in [1.807, 2.05) is 23.5 Å². The number of aromatic amines is 1. The Labute approximate surface area is 203 Å². The van der Waals surface area contributed by atoms with E-state index >= 15 is 0 Å². The van der Waals surface area contributed by atoms with Crippen LogP contribution in [0.4, 0.5) is 0 Å². The fourth-order valence-electron chi connectivity index (χ4n) is 5.48. The van der Waals surface area contributed by atoms with Gasteiger partial charge in [-0.3, -0.25) is 0 Å². The zero-order valence-electron chi connectivity index (χ0n) is 18.0. The highest BCUT2D eigenvalue weighted by Gasteiger charge is 2.14. The number of H-pyrrole nitrogens is 1. The molecule has 5 aromatic carbocycles. The minimum absolute atomic E-state index is 0.754. The summed E-state index contributed by atoms with van der Waals surface area (Å²) in [6.45, 7) is 0. The molecule has 34 heavy (non-hydrogen) atoms. The van der Waals surface area contributed by atoms with Crippen molar-refractivity contribution in [1.29, 1.82) is 0 Å². The molecule has 0 unspecified atom stereocenters. The molecule has 8 rings (SSSR count). The molecule has 0 atom stereocenters. The second-order valence-electron chi connectivity index (χ2n) is 8.86. The molecule has 2 nitrogen and oxygen atoms in total. The van der Waals surface area contributed by atoms with Crippen molar-refractivity contribution >= 4 is 86.7 Å². The van der Waals surface area contributed by atoms with Crippen molar-refractivity contribution in [2.45, 2.75) is 0 Å². The van der Waals surface area contributed by atoms with Gasteiger partial charge >= 0.3 is 0 Å². The van der Waals surface area contributed by atoms with Gasteiger partial charge in [-0.1, -0.05) is 60.1 Å². The summed E-state index contributed by atoms with van der Waals surface area (Å²) in [6, 6.07) is 34.9. The van der Waals surface area contributed by atoms with Crippen LogP contribution in [0.1, 0.15) is 0 Å². The molecule has 0 amide bonds. The minimum atomic E-state index is 0.754. The summed E-state index contributed by atoms with van der Waals surface area (Å²) in [5.41, 5.74) is 5.90. The van der Waals surface area contributed by atoms with E-state index in [1.54, 1.807) is 0 Å². The van der Waals surface area contributed by atoms with Crippen molar-refractivity contribution in [2.75, 3.05) is 0 Å². The van der Waals surface area contributed by atoms with Crippen LogP contribution in [-0.2, 0) is 0 Å². The van der Waals surface area contributed by atoms with Crippen LogP contribution < -0.4 is 0 Å². The largest absolute Gasteiger partial charge is 0.354 e. The number of nitrogens with one attached hydrogen (secondary N) is 1. The van der Waals surface area contributed by atoms with Gasteiger partial charge in [0.2, 0.25) is 0 Å². The topological polar surface area (TPSA) is 20.7 Å². The number of thiophene rings is 1. The van der Waals surface area contributed by atoms with Crippen LogP contribution >= 0.6 is 22.9 Å². The zero-order chi connectivity index (χ0) is 22.4. The monoisotopic (exact) mass is 472 g/mol. The van der Waals surface area contributed by atoms with E-state index in [1.165, 1.54) is 58.4 Å². The van der Waals surface area contributed by atoms with Crippen LogP contribution in [0.25, 0.3) is 69.5 Å². The molecule has 1 N–H and O–H groups in total. The SMILES string of the molecule is Clc1ccc2c(c1)[nH]c1cc3c(cc12)sc1cc(-n2c4ccccc4c4ccccc42)ccc13. The van der Waals surface area contributed by atoms with Gasteiger partial charge in [0, 0.05) is 63.5 Å². The average molecular weight is 473 g/mol. The third kappa shape index (κ3) is 2.46. The molecule has 0 spiro atoms. The number of halogens is 1. The number of nitrogens with zero attached hydrogens (tertiary/aromatic N) is 1. The maximum absolute atomic E-state index is 6.22. The lowest BCUT2D eigenvalue weighted by Crippen LogP contribution is -1.92. The first-order chi connectivity index (χ1) is 16.7. The molecule has 4 heteroatoms. The summed E-state index contributed by atoms with van der Waals surface area (Å²) in [6.07, 6.45) is 0. The Hall–Kier alpha value is -3.79. The van der Waals surface area contributed by atoms with E-state index in [0.29, 0.717) is 0 Å². The minimum Gasteiger partial charge on any atom is -0.354 e. The molecule has 0 radical (unpaired) electrons. The lowest BCUT2D eigenvalue weighted by Gasteiger charge is -2.08. The number of fused-ring (bicyclic) bond motifs is 9. The van der Waals surface area contributed by atoms with Crippen LogP contribution in [0.2, 0.25) is 5.02 Å². The van der Waals surface area contributed by atoms with Gasteiger partial charge in [-0.2, -0.15) is 0 Å². The Morgan fingerprint density at radius 2 is 1.24 bits per heavy atom. The Bertz CT molecular complexity index is 2040. The second kappa shape index (κ2) is 6.63. The van der Waals surface area contributed by atoms with E-state index in [4.69, 9.17) is 11.6 Å². The fourth-order valence-corrected chi connectivity index (χ4v) is 6.81. The Morgan fingerprint density at radius 1 is 0.559 bits per heavy atom. The summed E-state index contributed by atoms with van der Waals surface area (Å²) in [7, 11) is 0. The van der Waals surface area contributed by atoms with Crippen LogP contribution in [0, 0.1) is 0 Å². The highest BCUT2D eigenvalue weighted by molar-refractivity contribution is 7.25. The molecule has 0 bridgehead atoms. The Balaban J connectivity index is 1.40. The van der Waals surface area contributed by atoms with Crippen molar-refractivity contribution in [3.63, 3.8) is 0 Å². The third-order valence-corrected chi connectivity index (χ3v) is 8.32. The molecule has 160 valence electrons. The number of benzene rings is 5. The summed E-state index contributed by atoms with van der Waals surface area (Å²) in [4.78, 5) is 3.56. The number of hydrogen-bond acceptors (Lipinski definition) is 1. The van der Waals surface area contributed by atoms with Crippen molar-refractivity contribution in [3.8, 4) is 5.69 Å². The smallest absolute Gasteiger partial charge is 0.0541 e. The molecular formula is C30H17ClN2S. The summed E-state index contributed by atoms with van der Waals surface area (Å²) >= 11 is 8.08. The molecular weight excluding hydrogens is 456 g/mol. The average Bonchev–Trinajstić information content (AvgIpc) is 3.50. The van der Waals surface area contributed by atoms with Crippen LogP contribution in [0.5, 0.6) is 0 Å². The van der Waals surface area contributed by atoms with Crippen LogP contribution in [-0.4, -0.2) is 9.55 Å². The molecule has 3 aromatic heterocycles. The normalized spacial score (nSPS) is 12.3. The summed E-state index contributed by atoms with van der Waals surface area (Å²) < 4.78 is 4.99. The number of para-hydroxylation sites is 2. The maximum atomic E-state index is 6.22. The maximum Gasteiger partial charge on any atom is 0.0541 e. The van der Waals surface area contributed by atoms with Gasteiger partial charge in [0.25, 0.3) is 0 Å². The van der Waals surface area contributed by atoms with Crippen LogP contribution in [0.3, 0.4) is 0 Å². The quantitative estimate of drug-likeness (QED) is 0.245. The predicted octanol–water partition coefficient (Wildman–Crippen LogP) is 9.44. The van der Waals surface area contributed by atoms with Crippen molar-refractivity contribution in [1.82, 2.24) is 9.55 Å². The number of hydrogen-bond donors (Lipinski definition) is 1. The Kier molecular flexibility index (Phi) is 3.63. The molecule has 3 heterocycles. The summed E-state index contributed by atoms with van der Waals surface area (Å²) in [5.74, 6) is 0. The molecule has 0 aliphatic rings. The number of aromatic nitrogens is 2. The second-order valence-corrected chi connectivity index (χ2v) is 10.4. The van der Waals surface area contributed by atoms with Gasteiger partial charge in [-0.25, -0.2) is 0 Å². The zero-order valence-corrected chi connectivity index (χ0v) is 19.5. The molecule has 0 aliphatic heterocycles. The van der Waals surface area contributed by atoms with Crippen LogP contribution in [0.15, 0.2) is 97.1 Å². The van der Waals surface area contributed by atoms with Crippen molar-refractivity contribution < 1.29 is 0 Å². The standard InChI is InChI=1S/C30H17ClN2S/c31-17-9-11-19-23-16-30-24(15-26(23)32-25(19)13-17)22-12-10-18(14-29(22)34-30)33-27-7-3-1-5-20(27)21-6-2-4-8-28(21)33/h1-16,32H. The van der Waals surface area contributed by atoms with E-state index in [9.17, 15) is 0 Å². The molecule has 0 saturated heterocycles. The van der Waals surface area contributed by atoms with E-state index in [0.717, 1.165) is 16.1 Å². The van der Waals surface area contributed by atoms with Crippen molar-refractivity contribution in [3.05, 3.63) is 102 Å². The molecule has 0 aliphatic carbocycles. The highest BCUT2D eigenvalue weighted by atomic mass is 35.5. The third-order valence-electron chi connectivity index (χ3n) is 6.97. The number of rotatable bonds is 1. The van der Waals surface area contributed by atoms with Gasteiger partial charge in [-0.15, -0.1) is 11.3 Å². The van der Waals surface area contributed by atoms with Gasteiger partial charge in [0.1, 0.15) is 0 Å². The van der Waals surface area contributed by atoms with Gasteiger partial charge in [0.15, 0.2) is 0 Å². The van der Waals surface area contributed by atoms with E-state index in [-0.39, 0.29) is 0 Å². The first-order valence-corrected chi connectivity index (χ1v) is 12.5. The first-order valence-electron chi connectivity index (χ1n) is 11.3. The van der Waals surface area contributed by atoms with Crippen molar-refractivity contribution in [2.24, 2.45) is 0 Å². The fraction of sp³-hybridized carbons (Fsp3) is 0. The molecule has 0 fully saturated rings. The lowest BCUT2D eigenvalue weighted by atomic mass is 10.1. The van der Waals surface area contributed by atoms with Gasteiger partial charge in [0.05, 0.1) is 11.0 Å². The van der Waals surface area contributed by atoms with Gasteiger partial charge < -0.3 is 9.55 Å². The lowest BCUT2D eigenvalue weighted by molar-refractivity contribution is 1.19. The summed E-state index contributed by atoms with van der Waals surface area (Å²) in [5, 5.41) is 8.37. The molecule has 8 aromatic rings. The predicted molar refractivity (Wildman–Crippen MR) is 148 cm³/mol. The molecule has 0 saturated carbocycles.